The molecule has 0 fully saturated rings. The fraction of sp³-hybridized carbons (Fsp3) is 0.176. The van der Waals surface area contributed by atoms with Gasteiger partial charge in [0.25, 0.3) is 5.91 Å². The van der Waals surface area contributed by atoms with Crippen LogP contribution in [0.15, 0.2) is 24.3 Å². The molecular weight excluding hydrogens is 314 g/mol. The van der Waals surface area contributed by atoms with Crippen LogP contribution in [0.25, 0.3) is 10.9 Å². The van der Waals surface area contributed by atoms with Crippen LogP contribution in [-0.4, -0.2) is 21.0 Å². The summed E-state index contributed by atoms with van der Waals surface area (Å²) < 4.78 is 0. The van der Waals surface area contributed by atoms with E-state index < -0.39 is 0 Å². The van der Waals surface area contributed by atoms with Crippen molar-refractivity contribution in [3.05, 3.63) is 51.8 Å². The Morgan fingerprint density at radius 2 is 1.96 bits per heavy atom. The van der Waals surface area contributed by atoms with Gasteiger partial charge in [-0.25, -0.2) is 4.98 Å². The van der Waals surface area contributed by atoms with Crippen molar-refractivity contribution >= 4 is 34.2 Å². The van der Waals surface area contributed by atoms with E-state index >= 15 is 0 Å². The number of rotatable bonds is 2. The summed E-state index contributed by atoms with van der Waals surface area (Å²) in [6, 6.07) is 7.13. The predicted molar refractivity (Wildman–Crippen MR) is 91.4 cm³/mol. The molecule has 3 rings (SSSR count). The lowest BCUT2D eigenvalue weighted by atomic mass is 10.1. The maximum atomic E-state index is 12.5. The average molecular weight is 330 g/mol. The van der Waals surface area contributed by atoms with Crippen LogP contribution in [0, 0.1) is 20.8 Å². The van der Waals surface area contributed by atoms with Gasteiger partial charge in [0.15, 0.2) is 0 Å². The summed E-state index contributed by atoms with van der Waals surface area (Å²) in [6.45, 7) is 5.30. The number of H-pyrrole nitrogens is 1. The molecule has 0 radical (unpaired) electrons. The Bertz CT molecular complexity index is 931. The van der Waals surface area contributed by atoms with Gasteiger partial charge in [-0.2, -0.15) is 0 Å². The number of hydrogen-bond acceptors (Lipinski definition) is 3. The van der Waals surface area contributed by atoms with Gasteiger partial charge in [0.05, 0.1) is 5.69 Å². The van der Waals surface area contributed by atoms with Gasteiger partial charge >= 0.3 is 0 Å². The molecule has 1 amide bonds. The second-order valence-corrected chi connectivity index (χ2v) is 5.95. The number of benzene rings is 1. The normalized spacial score (nSPS) is 11.0. The first-order valence-corrected chi connectivity index (χ1v) is 7.51. The SMILES string of the molecule is Cc1nc(NC(=O)c2cc3cc(Cl)ccc3[nH]2)c(C)c(C)c1O. The van der Waals surface area contributed by atoms with Crippen LogP contribution < -0.4 is 5.32 Å². The number of aryl methyl sites for hydroxylation is 1. The minimum absolute atomic E-state index is 0.153. The monoisotopic (exact) mass is 329 g/mol. The molecule has 0 unspecified atom stereocenters. The van der Waals surface area contributed by atoms with Crippen molar-refractivity contribution in [2.45, 2.75) is 20.8 Å². The van der Waals surface area contributed by atoms with E-state index in [0.29, 0.717) is 27.8 Å². The van der Waals surface area contributed by atoms with Crippen molar-refractivity contribution in [2.75, 3.05) is 5.32 Å². The maximum absolute atomic E-state index is 12.5. The lowest BCUT2D eigenvalue weighted by molar-refractivity contribution is 0.102. The molecule has 0 aliphatic rings. The molecule has 0 aliphatic carbocycles. The van der Waals surface area contributed by atoms with Crippen molar-refractivity contribution in [3.8, 4) is 5.75 Å². The zero-order valence-electron chi connectivity index (χ0n) is 13.0. The minimum atomic E-state index is -0.294. The molecule has 0 bridgehead atoms. The van der Waals surface area contributed by atoms with E-state index in [9.17, 15) is 9.90 Å². The Morgan fingerprint density at radius 3 is 2.70 bits per heavy atom. The molecule has 3 N–H and O–H groups in total. The zero-order valence-corrected chi connectivity index (χ0v) is 13.7. The highest BCUT2D eigenvalue weighted by atomic mass is 35.5. The summed E-state index contributed by atoms with van der Waals surface area (Å²) in [5, 5.41) is 14.2. The third-order valence-corrected chi connectivity index (χ3v) is 4.19. The first-order valence-electron chi connectivity index (χ1n) is 7.13. The van der Waals surface area contributed by atoms with E-state index in [1.54, 1.807) is 32.0 Å². The largest absolute Gasteiger partial charge is 0.506 e. The highest BCUT2D eigenvalue weighted by molar-refractivity contribution is 6.31. The highest BCUT2D eigenvalue weighted by Crippen LogP contribution is 2.28. The van der Waals surface area contributed by atoms with Crippen molar-refractivity contribution in [1.29, 1.82) is 0 Å². The van der Waals surface area contributed by atoms with E-state index in [-0.39, 0.29) is 11.7 Å². The molecule has 0 atom stereocenters. The lowest BCUT2D eigenvalue weighted by Crippen LogP contribution is -2.15. The van der Waals surface area contributed by atoms with Crippen molar-refractivity contribution in [2.24, 2.45) is 0 Å². The van der Waals surface area contributed by atoms with E-state index in [1.807, 2.05) is 13.0 Å². The molecule has 3 aromatic rings. The molecule has 2 aromatic heterocycles. The first-order chi connectivity index (χ1) is 10.9. The Kier molecular flexibility index (Phi) is 3.74. The molecular formula is C17H16ClN3O2. The van der Waals surface area contributed by atoms with Crippen molar-refractivity contribution in [1.82, 2.24) is 9.97 Å². The highest BCUT2D eigenvalue weighted by Gasteiger charge is 2.15. The second-order valence-electron chi connectivity index (χ2n) is 5.51. The van der Waals surface area contributed by atoms with E-state index in [1.165, 1.54) is 0 Å². The van der Waals surface area contributed by atoms with Crippen LogP contribution in [0.3, 0.4) is 0 Å². The molecule has 0 saturated heterocycles. The van der Waals surface area contributed by atoms with Gasteiger partial charge in [-0.15, -0.1) is 0 Å². The number of amides is 1. The minimum Gasteiger partial charge on any atom is -0.506 e. The number of carbonyl (C=O) groups is 1. The van der Waals surface area contributed by atoms with Gasteiger partial charge in [0, 0.05) is 15.9 Å². The number of hydrogen-bond donors (Lipinski definition) is 3. The van der Waals surface area contributed by atoms with Gasteiger partial charge < -0.3 is 15.4 Å². The smallest absolute Gasteiger partial charge is 0.273 e. The van der Waals surface area contributed by atoms with Gasteiger partial charge in [-0.1, -0.05) is 11.6 Å². The second kappa shape index (κ2) is 5.59. The molecule has 0 saturated carbocycles. The number of fused-ring (bicyclic) bond motifs is 1. The molecule has 23 heavy (non-hydrogen) atoms. The number of aromatic amines is 1. The number of aromatic nitrogens is 2. The summed E-state index contributed by atoms with van der Waals surface area (Å²) in [4.78, 5) is 19.8. The number of nitrogens with one attached hydrogen (secondary N) is 2. The van der Waals surface area contributed by atoms with E-state index in [4.69, 9.17) is 11.6 Å². The first kappa shape index (κ1) is 15.4. The number of pyridine rings is 1. The summed E-state index contributed by atoms with van der Waals surface area (Å²) in [6.07, 6.45) is 0. The Morgan fingerprint density at radius 1 is 1.22 bits per heavy atom. The van der Waals surface area contributed by atoms with E-state index in [0.717, 1.165) is 16.5 Å². The molecule has 6 heteroatoms. The number of nitrogens with zero attached hydrogens (tertiary/aromatic N) is 1. The summed E-state index contributed by atoms with van der Waals surface area (Å²) in [5.74, 6) is 0.303. The van der Waals surface area contributed by atoms with Crippen molar-refractivity contribution < 1.29 is 9.90 Å². The fourth-order valence-electron chi connectivity index (χ4n) is 2.45. The zero-order chi connectivity index (χ0) is 16.7. The lowest BCUT2D eigenvalue weighted by Gasteiger charge is -2.12. The van der Waals surface area contributed by atoms with Crippen molar-refractivity contribution in [3.63, 3.8) is 0 Å². The summed E-state index contributed by atoms with van der Waals surface area (Å²) in [7, 11) is 0. The average Bonchev–Trinajstić information content (AvgIpc) is 2.93. The standard InChI is InChI=1S/C17H16ClN3O2/c1-8-9(2)16(19-10(3)15(8)22)21-17(23)14-7-11-6-12(18)4-5-13(11)20-14/h4-7,20,22H,1-3H3,(H,19,21,23). The van der Waals surface area contributed by atoms with E-state index in [2.05, 4.69) is 15.3 Å². The molecule has 2 heterocycles. The third-order valence-electron chi connectivity index (χ3n) is 3.95. The molecule has 5 nitrogen and oxygen atoms in total. The van der Waals surface area contributed by atoms with Crippen LogP contribution in [-0.2, 0) is 0 Å². The fourth-order valence-corrected chi connectivity index (χ4v) is 2.63. The summed E-state index contributed by atoms with van der Waals surface area (Å²) >= 11 is 5.96. The Labute approximate surface area is 138 Å². The topological polar surface area (TPSA) is 78.0 Å². The predicted octanol–water partition coefficient (Wildman–Crippen LogP) is 4.10. The third kappa shape index (κ3) is 2.75. The van der Waals surface area contributed by atoms with Gasteiger partial charge in [-0.05, 0) is 56.2 Å². The number of aromatic hydroxyl groups is 1. The molecule has 0 aliphatic heterocycles. The quantitative estimate of drug-likeness (QED) is 0.662. The Balaban J connectivity index is 1.95. The van der Waals surface area contributed by atoms with Crippen LogP contribution in [0.1, 0.15) is 27.3 Å². The number of halogens is 1. The van der Waals surface area contributed by atoms with Crippen LogP contribution >= 0.6 is 11.6 Å². The number of anilines is 1. The van der Waals surface area contributed by atoms with Crippen LogP contribution in [0.4, 0.5) is 5.82 Å². The molecule has 1 aromatic carbocycles. The molecule has 0 spiro atoms. The van der Waals surface area contributed by atoms with Crippen LogP contribution in [0.5, 0.6) is 5.75 Å². The van der Waals surface area contributed by atoms with Gasteiger partial charge in [0.1, 0.15) is 17.3 Å². The maximum Gasteiger partial charge on any atom is 0.273 e. The van der Waals surface area contributed by atoms with Crippen LogP contribution in [0.2, 0.25) is 5.02 Å². The Hall–Kier alpha value is -2.53. The van der Waals surface area contributed by atoms with Gasteiger partial charge in [-0.3, -0.25) is 4.79 Å². The van der Waals surface area contributed by atoms with Gasteiger partial charge in [0.2, 0.25) is 0 Å². The number of carbonyl (C=O) groups excluding carboxylic acids is 1. The summed E-state index contributed by atoms with van der Waals surface area (Å²) in [5.41, 5.74) is 3.18. The molecule has 118 valence electrons.